The number of ether oxygens (including phenoxy) is 1. The number of benzene rings is 3. The smallest absolute Gasteiger partial charge is 0.344 e. The number of aromatic nitrogens is 1. The maximum atomic E-state index is 12.4. The molecule has 3 aromatic carbocycles. The van der Waals surface area contributed by atoms with Gasteiger partial charge in [-0.25, -0.2) is 10.2 Å². The molecule has 0 fully saturated rings. The first-order valence-corrected chi connectivity index (χ1v) is 11.7. The van der Waals surface area contributed by atoms with Crippen LogP contribution >= 0.6 is 22.6 Å². The summed E-state index contributed by atoms with van der Waals surface area (Å²) in [4.78, 5) is 24.7. The Morgan fingerprint density at radius 3 is 2.18 bits per heavy atom. The van der Waals surface area contributed by atoms with E-state index < -0.39 is 5.97 Å². The average Bonchev–Trinajstić information content (AvgIpc) is 3.18. The van der Waals surface area contributed by atoms with Crippen molar-refractivity contribution in [3.8, 4) is 11.4 Å². The van der Waals surface area contributed by atoms with Crippen LogP contribution < -0.4 is 10.2 Å². The number of carbonyl (C=O) groups excluding carboxylic acids is 2. The molecule has 34 heavy (non-hydrogen) atoms. The molecule has 1 amide bonds. The van der Waals surface area contributed by atoms with E-state index in [1.54, 1.807) is 48.5 Å². The van der Waals surface area contributed by atoms with E-state index in [-0.39, 0.29) is 5.91 Å². The Morgan fingerprint density at radius 1 is 0.882 bits per heavy atom. The zero-order valence-electron chi connectivity index (χ0n) is 18.7. The van der Waals surface area contributed by atoms with Gasteiger partial charge in [0, 0.05) is 26.2 Å². The first kappa shape index (κ1) is 23.4. The third kappa shape index (κ3) is 5.43. The molecule has 0 aliphatic heterocycles. The average molecular weight is 563 g/mol. The lowest BCUT2D eigenvalue weighted by Crippen LogP contribution is -2.17. The number of rotatable bonds is 6. The lowest BCUT2D eigenvalue weighted by Gasteiger charge is -2.10. The Morgan fingerprint density at radius 2 is 1.53 bits per heavy atom. The molecule has 1 N–H and O–H groups in total. The normalized spacial score (nSPS) is 10.9. The summed E-state index contributed by atoms with van der Waals surface area (Å²) in [5, 5.41) is 4.03. The van der Waals surface area contributed by atoms with Gasteiger partial charge in [0.05, 0.1) is 11.8 Å². The van der Waals surface area contributed by atoms with Crippen LogP contribution in [0.3, 0.4) is 0 Å². The first-order valence-electron chi connectivity index (χ1n) is 10.6. The Labute approximate surface area is 211 Å². The first-order chi connectivity index (χ1) is 16.4. The van der Waals surface area contributed by atoms with Crippen molar-refractivity contribution in [1.82, 2.24) is 9.99 Å². The van der Waals surface area contributed by atoms with Crippen LogP contribution in [0.25, 0.3) is 5.69 Å². The van der Waals surface area contributed by atoms with Crippen molar-refractivity contribution in [3.63, 3.8) is 0 Å². The molecule has 0 spiro atoms. The van der Waals surface area contributed by atoms with Gasteiger partial charge in [0.1, 0.15) is 5.75 Å². The van der Waals surface area contributed by atoms with E-state index in [9.17, 15) is 9.59 Å². The van der Waals surface area contributed by atoms with Gasteiger partial charge in [0.2, 0.25) is 0 Å². The highest BCUT2D eigenvalue weighted by molar-refractivity contribution is 14.1. The quantitative estimate of drug-likeness (QED) is 0.108. The number of amides is 1. The molecule has 7 heteroatoms. The van der Waals surface area contributed by atoms with Crippen LogP contribution in [0.2, 0.25) is 0 Å². The molecule has 0 radical (unpaired) electrons. The SMILES string of the molecule is Cc1ccc(C)n1-c1ccc(C(=O)N/N=C/c2ccc(OC(=O)c3ccccc3I)cc2)cc1. The predicted octanol–water partition coefficient (Wildman–Crippen LogP) is 5.68. The van der Waals surface area contributed by atoms with E-state index in [4.69, 9.17) is 4.74 Å². The lowest BCUT2D eigenvalue weighted by molar-refractivity contribution is 0.0733. The number of hydrogen-bond acceptors (Lipinski definition) is 4. The van der Waals surface area contributed by atoms with Gasteiger partial charge in [-0.05, 0) is 115 Å². The Kier molecular flexibility index (Phi) is 7.22. The number of aryl methyl sites for hydroxylation is 2. The third-order valence-corrected chi connectivity index (χ3v) is 6.16. The van der Waals surface area contributed by atoms with Crippen molar-refractivity contribution in [2.75, 3.05) is 0 Å². The van der Waals surface area contributed by atoms with Crippen LogP contribution in [0.1, 0.15) is 37.7 Å². The minimum absolute atomic E-state index is 0.299. The Hall–Kier alpha value is -3.72. The van der Waals surface area contributed by atoms with Crippen LogP contribution in [0.5, 0.6) is 5.75 Å². The maximum Gasteiger partial charge on any atom is 0.344 e. The number of nitrogens with one attached hydrogen (secondary N) is 1. The zero-order valence-corrected chi connectivity index (χ0v) is 20.8. The van der Waals surface area contributed by atoms with Gasteiger partial charge < -0.3 is 9.30 Å². The van der Waals surface area contributed by atoms with Gasteiger partial charge in [-0.3, -0.25) is 4.79 Å². The Bertz CT molecular complexity index is 1340. The van der Waals surface area contributed by atoms with Gasteiger partial charge in [0.25, 0.3) is 5.91 Å². The molecule has 0 aliphatic rings. The molecule has 0 aliphatic carbocycles. The van der Waals surface area contributed by atoms with Crippen molar-refractivity contribution in [2.45, 2.75) is 13.8 Å². The maximum absolute atomic E-state index is 12.4. The summed E-state index contributed by atoms with van der Waals surface area (Å²) < 4.78 is 8.38. The lowest BCUT2D eigenvalue weighted by atomic mass is 10.2. The van der Waals surface area contributed by atoms with Gasteiger partial charge in [-0.1, -0.05) is 12.1 Å². The minimum Gasteiger partial charge on any atom is -0.423 e. The van der Waals surface area contributed by atoms with E-state index >= 15 is 0 Å². The number of hydrogen-bond donors (Lipinski definition) is 1. The van der Waals surface area contributed by atoms with Crippen molar-refractivity contribution in [3.05, 3.63) is 117 Å². The highest BCUT2D eigenvalue weighted by atomic mass is 127. The van der Waals surface area contributed by atoms with Crippen LogP contribution in [0.15, 0.2) is 90.0 Å². The molecule has 0 atom stereocenters. The molecule has 0 saturated heterocycles. The van der Waals surface area contributed by atoms with E-state index in [1.807, 2.05) is 38.1 Å². The van der Waals surface area contributed by atoms with Gasteiger partial charge >= 0.3 is 5.97 Å². The molecule has 1 aromatic heterocycles. The molecular weight excluding hydrogens is 541 g/mol. The molecule has 170 valence electrons. The monoisotopic (exact) mass is 563 g/mol. The second-order valence-electron chi connectivity index (χ2n) is 7.64. The summed E-state index contributed by atoms with van der Waals surface area (Å²) in [6.07, 6.45) is 1.53. The van der Waals surface area contributed by atoms with E-state index in [0.717, 1.165) is 26.2 Å². The summed E-state index contributed by atoms with van der Waals surface area (Å²) in [6, 6.07) is 25.6. The summed E-state index contributed by atoms with van der Waals surface area (Å²) in [6.45, 7) is 4.09. The largest absolute Gasteiger partial charge is 0.423 e. The predicted molar refractivity (Wildman–Crippen MR) is 141 cm³/mol. The van der Waals surface area contributed by atoms with E-state index in [0.29, 0.717) is 16.9 Å². The summed E-state index contributed by atoms with van der Waals surface area (Å²) in [5.41, 5.74) is 7.59. The van der Waals surface area contributed by atoms with Crippen LogP contribution in [-0.4, -0.2) is 22.7 Å². The zero-order chi connectivity index (χ0) is 24.1. The van der Waals surface area contributed by atoms with Crippen molar-refractivity contribution >= 4 is 40.7 Å². The third-order valence-electron chi connectivity index (χ3n) is 5.22. The molecule has 6 nitrogen and oxygen atoms in total. The highest BCUT2D eigenvalue weighted by Gasteiger charge is 2.12. The van der Waals surface area contributed by atoms with Gasteiger partial charge in [0.15, 0.2) is 0 Å². The number of halogens is 1. The standard InChI is InChI=1S/C27H22IN3O3/c1-18-7-8-19(2)31(18)22-13-11-21(12-14-22)26(32)30-29-17-20-9-15-23(16-10-20)34-27(33)24-5-3-4-6-25(24)28/h3-17H,1-2H3,(H,30,32)/b29-17+. The second-order valence-corrected chi connectivity index (χ2v) is 8.80. The van der Waals surface area contributed by atoms with Crippen LogP contribution in [-0.2, 0) is 0 Å². The molecule has 0 unspecified atom stereocenters. The molecule has 4 aromatic rings. The Balaban J connectivity index is 1.34. The number of hydrazone groups is 1. The number of carbonyl (C=O) groups is 2. The second kappa shape index (κ2) is 10.5. The number of esters is 1. The van der Waals surface area contributed by atoms with Gasteiger partial charge in [-0.2, -0.15) is 5.10 Å². The molecule has 1 heterocycles. The highest BCUT2D eigenvalue weighted by Crippen LogP contribution is 2.18. The molecular formula is C27H22IN3O3. The van der Waals surface area contributed by atoms with Crippen molar-refractivity contribution < 1.29 is 14.3 Å². The molecule has 0 bridgehead atoms. The van der Waals surface area contributed by atoms with Crippen LogP contribution in [0.4, 0.5) is 0 Å². The summed E-state index contributed by atoms with van der Waals surface area (Å²) >= 11 is 2.10. The fourth-order valence-corrected chi connectivity index (χ4v) is 4.09. The fourth-order valence-electron chi connectivity index (χ4n) is 3.48. The van der Waals surface area contributed by atoms with Gasteiger partial charge in [-0.15, -0.1) is 0 Å². The minimum atomic E-state index is -0.410. The van der Waals surface area contributed by atoms with Crippen molar-refractivity contribution in [1.29, 1.82) is 0 Å². The van der Waals surface area contributed by atoms with E-state index in [2.05, 4.69) is 49.8 Å². The summed E-state index contributed by atoms with van der Waals surface area (Å²) in [5.74, 6) is -0.280. The summed E-state index contributed by atoms with van der Waals surface area (Å²) in [7, 11) is 0. The topological polar surface area (TPSA) is 72.7 Å². The van der Waals surface area contributed by atoms with E-state index in [1.165, 1.54) is 6.21 Å². The molecule has 4 rings (SSSR count). The van der Waals surface area contributed by atoms with Crippen LogP contribution in [0, 0.1) is 17.4 Å². The number of nitrogens with zero attached hydrogens (tertiary/aromatic N) is 2. The van der Waals surface area contributed by atoms with Crippen molar-refractivity contribution in [2.24, 2.45) is 5.10 Å². The molecule has 0 saturated carbocycles. The fraction of sp³-hybridized carbons (Fsp3) is 0.0741.